The third kappa shape index (κ3) is 6.23. The smallest absolute Gasteiger partial charge is 0.303 e. The summed E-state index contributed by atoms with van der Waals surface area (Å²) in [5, 5.41) is 8.66. The molecule has 2 aliphatic carbocycles. The molecule has 0 aromatic carbocycles. The minimum absolute atomic E-state index is 0.285. The number of hydrogen-bond acceptors (Lipinski definition) is 2. The zero-order valence-electron chi connectivity index (χ0n) is 15.4. The Kier molecular flexibility index (Phi) is 8.87. The molecule has 0 spiro atoms. The number of fused-ring (bicyclic) bond motifs is 2. The molecule has 0 heterocycles. The molecule has 0 saturated heterocycles. The second-order valence-corrected chi connectivity index (χ2v) is 7.79. The number of unbranched alkanes of at least 4 members (excludes halogenated alkanes) is 4. The Morgan fingerprint density at radius 3 is 2.62 bits per heavy atom. The second kappa shape index (κ2) is 10.9. The third-order valence-corrected chi connectivity index (χ3v) is 6.06. The monoisotopic (exact) mass is 336 g/mol. The summed E-state index contributed by atoms with van der Waals surface area (Å²) in [5.74, 6) is 2.68. The van der Waals surface area contributed by atoms with Crippen molar-refractivity contribution in [3.05, 3.63) is 12.2 Å². The molecule has 138 valence electrons. The van der Waals surface area contributed by atoms with Gasteiger partial charge in [-0.2, -0.15) is 0 Å². The molecule has 0 aromatic heterocycles. The summed E-state index contributed by atoms with van der Waals surface area (Å²) in [6.07, 6.45) is 17.0. The van der Waals surface area contributed by atoms with E-state index in [9.17, 15) is 4.79 Å². The van der Waals surface area contributed by atoms with Gasteiger partial charge in [-0.05, 0) is 68.6 Å². The molecule has 2 rings (SSSR count). The van der Waals surface area contributed by atoms with Crippen molar-refractivity contribution >= 4 is 5.97 Å². The zero-order chi connectivity index (χ0) is 17.2. The van der Waals surface area contributed by atoms with E-state index in [0.29, 0.717) is 0 Å². The SMILES string of the molecule is CCCCCCOC[C@@H]1[C@@H]2CC[C@@H](C2)[C@@H]1CC=CCCCC(=O)O. The fourth-order valence-corrected chi connectivity index (χ4v) is 4.75. The van der Waals surface area contributed by atoms with Crippen molar-refractivity contribution in [3.63, 3.8) is 0 Å². The van der Waals surface area contributed by atoms with Gasteiger partial charge in [0.1, 0.15) is 0 Å². The summed E-state index contributed by atoms with van der Waals surface area (Å²) >= 11 is 0. The van der Waals surface area contributed by atoms with Crippen molar-refractivity contribution in [2.75, 3.05) is 13.2 Å². The van der Waals surface area contributed by atoms with E-state index in [2.05, 4.69) is 19.1 Å². The third-order valence-electron chi connectivity index (χ3n) is 6.06. The normalized spacial score (nSPS) is 28.9. The fourth-order valence-electron chi connectivity index (χ4n) is 4.75. The largest absolute Gasteiger partial charge is 0.481 e. The van der Waals surface area contributed by atoms with Gasteiger partial charge in [0.2, 0.25) is 0 Å². The maximum atomic E-state index is 10.5. The van der Waals surface area contributed by atoms with E-state index in [4.69, 9.17) is 9.84 Å². The van der Waals surface area contributed by atoms with E-state index in [0.717, 1.165) is 56.1 Å². The van der Waals surface area contributed by atoms with Crippen molar-refractivity contribution < 1.29 is 14.6 Å². The van der Waals surface area contributed by atoms with Gasteiger partial charge in [0.25, 0.3) is 0 Å². The first kappa shape index (κ1) is 19.5. The molecule has 1 N–H and O–H groups in total. The molecular formula is C21H36O3. The van der Waals surface area contributed by atoms with E-state index < -0.39 is 5.97 Å². The minimum Gasteiger partial charge on any atom is -0.481 e. The Hall–Kier alpha value is -0.830. The van der Waals surface area contributed by atoms with Gasteiger partial charge in [-0.15, -0.1) is 0 Å². The van der Waals surface area contributed by atoms with Crippen LogP contribution in [0, 0.1) is 23.7 Å². The van der Waals surface area contributed by atoms with Crippen LogP contribution in [0.5, 0.6) is 0 Å². The van der Waals surface area contributed by atoms with Crippen LogP contribution in [-0.2, 0) is 9.53 Å². The van der Waals surface area contributed by atoms with E-state index in [-0.39, 0.29) is 6.42 Å². The van der Waals surface area contributed by atoms with Gasteiger partial charge >= 0.3 is 5.97 Å². The molecule has 2 saturated carbocycles. The van der Waals surface area contributed by atoms with Crippen LogP contribution >= 0.6 is 0 Å². The summed E-state index contributed by atoms with van der Waals surface area (Å²) in [5.41, 5.74) is 0. The van der Waals surface area contributed by atoms with E-state index in [1.807, 2.05) is 0 Å². The zero-order valence-corrected chi connectivity index (χ0v) is 15.4. The molecule has 3 nitrogen and oxygen atoms in total. The second-order valence-electron chi connectivity index (χ2n) is 7.79. The van der Waals surface area contributed by atoms with E-state index in [1.165, 1.54) is 44.9 Å². The lowest BCUT2D eigenvalue weighted by atomic mass is 9.78. The number of carboxylic acids is 1. The maximum absolute atomic E-state index is 10.5. The molecule has 0 unspecified atom stereocenters. The number of carboxylic acid groups (broad SMARTS) is 1. The highest BCUT2D eigenvalue weighted by Crippen LogP contribution is 2.53. The first-order chi connectivity index (χ1) is 11.7. The van der Waals surface area contributed by atoms with Gasteiger partial charge < -0.3 is 9.84 Å². The van der Waals surface area contributed by atoms with Crippen LogP contribution in [0.4, 0.5) is 0 Å². The van der Waals surface area contributed by atoms with Crippen molar-refractivity contribution in [1.29, 1.82) is 0 Å². The average Bonchev–Trinajstić information content (AvgIpc) is 3.15. The fraction of sp³-hybridized carbons (Fsp3) is 0.857. The van der Waals surface area contributed by atoms with Gasteiger partial charge in [-0.3, -0.25) is 4.79 Å². The molecule has 0 aromatic rings. The Labute approximate surface area is 147 Å². The molecule has 4 atom stereocenters. The quantitative estimate of drug-likeness (QED) is 0.359. The highest BCUT2D eigenvalue weighted by Gasteiger charge is 2.46. The van der Waals surface area contributed by atoms with E-state index >= 15 is 0 Å². The predicted octanol–water partition coefficient (Wildman–Crippen LogP) is 5.45. The highest BCUT2D eigenvalue weighted by molar-refractivity contribution is 5.66. The van der Waals surface area contributed by atoms with Crippen molar-refractivity contribution in [2.45, 2.75) is 77.6 Å². The van der Waals surface area contributed by atoms with Crippen molar-refractivity contribution in [2.24, 2.45) is 23.7 Å². The first-order valence-electron chi connectivity index (χ1n) is 10.2. The van der Waals surface area contributed by atoms with Crippen LogP contribution in [0.15, 0.2) is 12.2 Å². The number of allylic oxidation sites excluding steroid dienone is 2. The average molecular weight is 337 g/mol. The van der Waals surface area contributed by atoms with Crippen LogP contribution in [0.3, 0.4) is 0 Å². The minimum atomic E-state index is -0.687. The van der Waals surface area contributed by atoms with Crippen LogP contribution in [-0.4, -0.2) is 24.3 Å². The van der Waals surface area contributed by atoms with Gasteiger partial charge in [0.15, 0.2) is 0 Å². The van der Waals surface area contributed by atoms with E-state index in [1.54, 1.807) is 0 Å². The standard InChI is InChI=1S/C21H36O3/c1-2-3-4-9-14-24-16-20-18-13-12-17(15-18)19(20)10-7-5-6-8-11-21(22)23/h5,7,17-20H,2-4,6,8-16H2,1H3,(H,22,23)/t17-,18+,19-,20+/m0/s1. The van der Waals surface area contributed by atoms with Gasteiger partial charge in [0.05, 0.1) is 0 Å². The maximum Gasteiger partial charge on any atom is 0.303 e. The Balaban J connectivity index is 1.65. The molecule has 24 heavy (non-hydrogen) atoms. The summed E-state index contributed by atoms with van der Waals surface area (Å²) in [6, 6.07) is 0. The Bertz CT molecular complexity index is 391. The lowest BCUT2D eigenvalue weighted by Crippen LogP contribution is -2.26. The molecule has 3 heteroatoms. The molecule has 0 radical (unpaired) electrons. The van der Waals surface area contributed by atoms with Crippen LogP contribution in [0.1, 0.15) is 77.6 Å². The van der Waals surface area contributed by atoms with Crippen molar-refractivity contribution in [1.82, 2.24) is 0 Å². The lowest BCUT2D eigenvalue weighted by Gasteiger charge is -2.30. The summed E-state index contributed by atoms with van der Waals surface area (Å²) in [7, 11) is 0. The summed E-state index contributed by atoms with van der Waals surface area (Å²) in [6.45, 7) is 4.15. The predicted molar refractivity (Wildman–Crippen MR) is 98.0 cm³/mol. The topological polar surface area (TPSA) is 46.5 Å². The number of ether oxygens (including phenoxy) is 1. The van der Waals surface area contributed by atoms with Crippen molar-refractivity contribution in [3.8, 4) is 0 Å². The Morgan fingerprint density at radius 1 is 1.08 bits per heavy atom. The number of aliphatic carboxylic acids is 1. The Morgan fingerprint density at radius 2 is 1.88 bits per heavy atom. The molecule has 2 aliphatic rings. The highest BCUT2D eigenvalue weighted by atomic mass is 16.5. The van der Waals surface area contributed by atoms with Crippen LogP contribution in [0.2, 0.25) is 0 Å². The molecule has 2 fully saturated rings. The lowest BCUT2D eigenvalue weighted by molar-refractivity contribution is -0.137. The number of rotatable bonds is 13. The van der Waals surface area contributed by atoms with Gasteiger partial charge in [-0.1, -0.05) is 38.3 Å². The first-order valence-corrected chi connectivity index (χ1v) is 10.2. The van der Waals surface area contributed by atoms with Crippen LogP contribution < -0.4 is 0 Å². The van der Waals surface area contributed by atoms with Gasteiger partial charge in [-0.25, -0.2) is 0 Å². The molecule has 0 amide bonds. The van der Waals surface area contributed by atoms with Gasteiger partial charge in [0, 0.05) is 19.6 Å². The summed E-state index contributed by atoms with van der Waals surface area (Å²) in [4.78, 5) is 10.5. The number of carbonyl (C=O) groups is 1. The van der Waals surface area contributed by atoms with Crippen LogP contribution in [0.25, 0.3) is 0 Å². The molecule has 2 bridgehead atoms. The molecule has 0 aliphatic heterocycles. The number of hydrogen-bond donors (Lipinski definition) is 1. The molecular weight excluding hydrogens is 300 g/mol. The summed E-state index contributed by atoms with van der Waals surface area (Å²) < 4.78 is 6.03.